The molecular weight excluding hydrogens is 650 g/mol. The highest BCUT2D eigenvalue weighted by Crippen LogP contribution is 2.35. The van der Waals surface area contributed by atoms with Crippen LogP contribution in [-0.2, 0) is 0 Å². The quantitative estimate of drug-likeness (QED) is 0.158. The molecule has 50 heavy (non-hydrogen) atoms. The number of carbonyl (C=O) groups is 2. The average Bonchev–Trinajstić information content (AvgIpc) is 3.18. The molecule has 2 unspecified atom stereocenters. The van der Waals surface area contributed by atoms with Gasteiger partial charge in [-0.05, 0) is 72.6 Å². The van der Waals surface area contributed by atoms with Crippen molar-refractivity contribution in [1.29, 1.82) is 0 Å². The standard InChI is InChI=1S/C44H40N2O2P2/c47-43(37-27-13-17-31-41(37)49(33-19-5-1-6-20-33)34-21-7-2-8-22-34)45-39-29-15-16-30-40(39)46-44(48)38-28-14-18-32-42(38)50(35-23-9-3-10-24-35)36-25-11-4-12-26-36/h1-14,17-28,31-32,39-40H,15-16,29-30H2,(H,45,47)(H,46,48). The van der Waals surface area contributed by atoms with Crippen molar-refractivity contribution in [2.24, 2.45) is 0 Å². The minimum absolute atomic E-state index is 0.0943. The summed E-state index contributed by atoms with van der Waals surface area (Å²) in [6.07, 6.45) is 3.63. The molecule has 6 aromatic rings. The summed E-state index contributed by atoms with van der Waals surface area (Å²) in [4.78, 5) is 28.5. The van der Waals surface area contributed by atoms with Crippen LogP contribution in [0.25, 0.3) is 0 Å². The lowest BCUT2D eigenvalue weighted by molar-refractivity contribution is 0.0864. The van der Waals surface area contributed by atoms with E-state index in [1.54, 1.807) is 0 Å². The largest absolute Gasteiger partial charge is 0.347 e. The summed E-state index contributed by atoms with van der Waals surface area (Å²) >= 11 is 0. The second-order valence-corrected chi connectivity index (χ2v) is 16.9. The fourth-order valence-electron chi connectivity index (χ4n) is 6.85. The number of nitrogens with one attached hydrogen (secondary N) is 2. The Morgan fingerprint density at radius 3 is 1.00 bits per heavy atom. The summed E-state index contributed by atoms with van der Waals surface area (Å²) in [5.74, 6) is -0.189. The van der Waals surface area contributed by atoms with Gasteiger partial charge in [-0.25, -0.2) is 0 Å². The van der Waals surface area contributed by atoms with E-state index in [9.17, 15) is 9.59 Å². The van der Waals surface area contributed by atoms with E-state index in [1.165, 1.54) is 21.2 Å². The molecule has 4 nitrogen and oxygen atoms in total. The molecule has 7 rings (SSSR count). The molecule has 1 fully saturated rings. The van der Waals surface area contributed by atoms with E-state index < -0.39 is 15.8 Å². The van der Waals surface area contributed by atoms with Crippen molar-refractivity contribution in [3.05, 3.63) is 181 Å². The average molecular weight is 691 g/mol. The fraction of sp³-hybridized carbons (Fsp3) is 0.136. The summed E-state index contributed by atoms with van der Waals surface area (Å²) in [6, 6.07) is 57.5. The molecule has 6 aromatic carbocycles. The number of hydrogen-bond donors (Lipinski definition) is 2. The van der Waals surface area contributed by atoms with Crippen LogP contribution in [0.2, 0.25) is 0 Å². The molecule has 0 spiro atoms. The zero-order chi connectivity index (χ0) is 34.1. The number of hydrogen-bond acceptors (Lipinski definition) is 2. The summed E-state index contributed by atoms with van der Waals surface area (Å²) in [7, 11) is -1.91. The van der Waals surface area contributed by atoms with E-state index in [1.807, 2.05) is 60.7 Å². The van der Waals surface area contributed by atoms with E-state index in [4.69, 9.17) is 0 Å². The predicted octanol–water partition coefficient (Wildman–Crippen LogP) is 6.67. The lowest BCUT2D eigenvalue weighted by atomic mass is 9.89. The Labute approximate surface area is 297 Å². The summed E-state index contributed by atoms with van der Waals surface area (Å²) < 4.78 is 0. The third kappa shape index (κ3) is 7.63. The molecule has 2 N–H and O–H groups in total. The van der Waals surface area contributed by atoms with Gasteiger partial charge in [-0.1, -0.05) is 171 Å². The monoisotopic (exact) mass is 690 g/mol. The van der Waals surface area contributed by atoms with Gasteiger partial charge in [0.15, 0.2) is 0 Å². The number of carbonyl (C=O) groups excluding carboxylic acids is 2. The Balaban J connectivity index is 1.15. The van der Waals surface area contributed by atoms with Crippen LogP contribution >= 0.6 is 15.8 Å². The minimum atomic E-state index is -0.955. The molecule has 0 aromatic heterocycles. The van der Waals surface area contributed by atoms with Crippen molar-refractivity contribution in [3.8, 4) is 0 Å². The van der Waals surface area contributed by atoms with Gasteiger partial charge in [-0.3, -0.25) is 9.59 Å². The number of benzene rings is 6. The van der Waals surface area contributed by atoms with Crippen LogP contribution < -0.4 is 42.5 Å². The molecule has 2 amide bonds. The van der Waals surface area contributed by atoms with E-state index in [2.05, 4.69) is 120 Å². The molecule has 1 aliphatic rings. The van der Waals surface area contributed by atoms with Gasteiger partial charge in [-0.2, -0.15) is 0 Å². The zero-order valence-electron chi connectivity index (χ0n) is 27.9. The SMILES string of the molecule is O=C(NC1CCCCC1NC(=O)c1ccccc1P(c1ccccc1)c1ccccc1)c1ccccc1P(c1ccccc1)c1ccccc1. The van der Waals surface area contributed by atoms with Crippen LogP contribution in [0.1, 0.15) is 46.4 Å². The van der Waals surface area contributed by atoms with Gasteiger partial charge in [-0.15, -0.1) is 0 Å². The molecule has 248 valence electrons. The second kappa shape index (κ2) is 16.2. The Hall–Kier alpha value is -4.88. The maximum absolute atomic E-state index is 14.2. The maximum Gasteiger partial charge on any atom is 0.252 e. The first kappa shape index (κ1) is 33.6. The normalized spacial score (nSPS) is 15.8. The van der Waals surface area contributed by atoms with Crippen molar-refractivity contribution in [1.82, 2.24) is 10.6 Å². The molecule has 0 saturated heterocycles. The Kier molecular flexibility index (Phi) is 10.9. The third-order valence-corrected chi connectivity index (χ3v) is 14.2. The van der Waals surface area contributed by atoms with Gasteiger partial charge in [0.1, 0.15) is 0 Å². The van der Waals surface area contributed by atoms with Crippen LogP contribution in [0.3, 0.4) is 0 Å². The summed E-state index contributed by atoms with van der Waals surface area (Å²) in [5, 5.41) is 13.6. The van der Waals surface area contributed by atoms with E-state index in [0.29, 0.717) is 11.1 Å². The number of amides is 2. The van der Waals surface area contributed by atoms with E-state index >= 15 is 0 Å². The zero-order valence-corrected chi connectivity index (χ0v) is 29.6. The molecule has 0 bridgehead atoms. The van der Waals surface area contributed by atoms with Crippen LogP contribution in [-0.4, -0.2) is 23.9 Å². The van der Waals surface area contributed by atoms with Gasteiger partial charge in [0.2, 0.25) is 0 Å². The molecule has 0 heterocycles. The second-order valence-electron chi connectivity index (χ2n) is 12.5. The van der Waals surface area contributed by atoms with Crippen molar-refractivity contribution in [2.75, 3.05) is 0 Å². The van der Waals surface area contributed by atoms with Crippen molar-refractivity contribution >= 4 is 59.5 Å². The van der Waals surface area contributed by atoms with Crippen molar-refractivity contribution in [3.63, 3.8) is 0 Å². The lowest BCUT2D eigenvalue weighted by Gasteiger charge is -2.33. The first-order valence-electron chi connectivity index (χ1n) is 17.3. The smallest absolute Gasteiger partial charge is 0.252 e. The highest BCUT2D eigenvalue weighted by Gasteiger charge is 2.31. The molecule has 2 atom stereocenters. The first-order chi connectivity index (χ1) is 24.7. The summed E-state index contributed by atoms with van der Waals surface area (Å²) in [5.41, 5.74) is 1.37. The van der Waals surface area contributed by atoms with Gasteiger partial charge in [0.05, 0.1) is 0 Å². The van der Waals surface area contributed by atoms with Gasteiger partial charge < -0.3 is 10.6 Å². The molecule has 0 aliphatic heterocycles. The highest BCUT2D eigenvalue weighted by atomic mass is 31.1. The molecule has 6 heteroatoms. The van der Waals surface area contributed by atoms with Crippen molar-refractivity contribution < 1.29 is 9.59 Å². The maximum atomic E-state index is 14.2. The third-order valence-electron chi connectivity index (χ3n) is 9.24. The Bertz CT molecular complexity index is 1800. The van der Waals surface area contributed by atoms with Crippen molar-refractivity contribution in [2.45, 2.75) is 37.8 Å². The molecule has 1 aliphatic carbocycles. The number of rotatable bonds is 10. The fourth-order valence-corrected chi connectivity index (χ4v) is 11.7. The Morgan fingerprint density at radius 2 is 0.680 bits per heavy atom. The predicted molar refractivity (Wildman–Crippen MR) is 211 cm³/mol. The topological polar surface area (TPSA) is 58.2 Å². The van der Waals surface area contributed by atoms with Crippen LogP contribution in [0.15, 0.2) is 170 Å². The van der Waals surface area contributed by atoms with Gasteiger partial charge in [0.25, 0.3) is 11.8 Å². The first-order valence-corrected chi connectivity index (χ1v) is 20.0. The molecule has 1 saturated carbocycles. The van der Waals surface area contributed by atoms with Crippen LogP contribution in [0.5, 0.6) is 0 Å². The van der Waals surface area contributed by atoms with Crippen LogP contribution in [0.4, 0.5) is 0 Å². The Morgan fingerprint density at radius 1 is 0.400 bits per heavy atom. The van der Waals surface area contributed by atoms with E-state index in [0.717, 1.165) is 36.3 Å². The summed E-state index contributed by atoms with van der Waals surface area (Å²) in [6.45, 7) is 0. The lowest BCUT2D eigenvalue weighted by Crippen LogP contribution is -2.54. The van der Waals surface area contributed by atoms with E-state index in [-0.39, 0.29) is 23.9 Å². The van der Waals surface area contributed by atoms with Gasteiger partial charge in [0, 0.05) is 23.2 Å². The molecular formula is C44H40N2O2P2. The molecule has 0 radical (unpaired) electrons. The van der Waals surface area contributed by atoms with Gasteiger partial charge >= 0.3 is 0 Å². The highest BCUT2D eigenvalue weighted by molar-refractivity contribution is 7.80. The van der Waals surface area contributed by atoms with Crippen LogP contribution in [0, 0.1) is 0 Å². The minimum Gasteiger partial charge on any atom is -0.347 e.